The van der Waals surface area contributed by atoms with Crippen molar-refractivity contribution < 1.29 is 9.84 Å². The summed E-state index contributed by atoms with van der Waals surface area (Å²) < 4.78 is 6.91. The van der Waals surface area contributed by atoms with Crippen molar-refractivity contribution in [2.75, 3.05) is 13.7 Å². The zero-order valence-corrected chi connectivity index (χ0v) is 14.2. The van der Waals surface area contributed by atoms with E-state index in [0.29, 0.717) is 13.1 Å². The highest BCUT2D eigenvalue weighted by atomic mass is 16.5. The monoisotopic (exact) mass is 326 g/mol. The van der Waals surface area contributed by atoms with E-state index in [2.05, 4.69) is 21.5 Å². The van der Waals surface area contributed by atoms with Crippen molar-refractivity contribution in [3.05, 3.63) is 53.3 Å². The number of hydrogen-bond acceptors (Lipinski definition) is 5. The fraction of sp³-hybridized carbons (Fsp3) is 0.333. The summed E-state index contributed by atoms with van der Waals surface area (Å²) in [6.45, 7) is 3.09. The number of hydrogen-bond donors (Lipinski definition) is 2. The van der Waals surface area contributed by atoms with E-state index in [0.717, 1.165) is 33.6 Å². The topological polar surface area (TPSA) is 72.2 Å². The van der Waals surface area contributed by atoms with Crippen LogP contribution in [0.5, 0.6) is 5.75 Å². The lowest BCUT2D eigenvalue weighted by Gasteiger charge is -2.13. The van der Waals surface area contributed by atoms with Crippen molar-refractivity contribution in [1.29, 1.82) is 0 Å². The van der Waals surface area contributed by atoms with Crippen molar-refractivity contribution in [2.45, 2.75) is 19.6 Å². The van der Waals surface area contributed by atoms with E-state index < -0.39 is 6.10 Å². The first-order valence-electron chi connectivity index (χ1n) is 7.89. The first-order valence-corrected chi connectivity index (χ1v) is 7.89. The van der Waals surface area contributed by atoms with Crippen molar-refractivity contribution >= 4 is 11.0 Å². The maximum Gasteiger partial charge on any atom is 0.157 e. The summed E-state index contributed by atoms with van der Waals surface area (Å²) in [6.07, 6.45) is 1.28. The van der Waals surface area contributed by atoms with E-state index in [1.807, 2.05) is 44.4 Å². The van der Waals surface area contributed by atoms with Crippen LogP contribution in [0.15, 0.2) is 36.5 Å². The van der Waals surface area contributed by atoms with Gasteiger partial charge in [0.1, 0.15) is 5.75 Å². The molecule has 1 atom stereocenters. The molecule has 6 heteroatoms. The number of rotatable bonds is 6. The van der Waals surface area contributed by atoms with Gasteiger partial charge < -0.3 is 15.2 Å². The Morgan fingerprint density at radius 2 is 2.04 bits per heavy atom. The van der Waals surface area contributed by atoms with Gasteiger partial charge in [0.05, 0.1) is 18.9 Å². The number of benzene rings is 1. The number of nitrogens with zero attached hydrogens (tertiary/aromatic N) is 3. The lowest BCUT2D eigenvalue weighted by atomic mass is 10.1. The van der Waals surface area contributed by atoms with E-state index in [1.54, 1.807) is 11.8 Å². The molecule has 0 saturated carbocycles. The lowest BCUT2D eigenvalue weighted by Crippen LogP contribution is -2.21. The van der Waals surface area contributed by atoms with Gasteiger partial charge in [-0.15, -0.1) is 0 Å². The van der Waals surface area contributed by atoms with E-state index in [1.165, 1.54) is 0 Å². The predicted molar refractivity (Wildman–Crippen MR) is 92.9 cm³/mol. The van der Waals surface area contributed by atoms with Gasteiger partial charge in [0.2, 0.25) is 0 Å². The molecule has 0 aliphatic carbocycles. The van der Waals surface area contributed by atoms with Crippen molar-refractivity contribution in [2.24, 2.45) is 7.05 Å². The molecule has 24 heavy (non-hydrogen) atoms. The van der Waals surface area contributed by atoms with Crippen LogP contribution in [-0.2, 0) is 13.6 Å². The summed E-state index contributed by atoms with van der Waals surface area (Å²) in [7, 11) is 3.52. The van der Waals surface area contributed by atoms with Crippen LogP contribution in [0.1, 0.15) is 22.9 Å². The van der Waals surface area contributed by atoms with Gasteiger partial charge in [-0.05, 0) is 36.2 Å². The summed E-state index contributed by atoms with van der Waals surface area (Å²) in [5, 5.41) is 19.0. The molecule has 2 heterocycles. The number of aliphatic hydroxyl groups excluding tert-OH is 1. The zero-order valence-electron chi connectivity index (χ0n) is 14.2. The van der Waals surface area contributed by atoms with Crippen LogP contribution in [0.25, 0.3) is 11.0 Å². The SMILES string of the molecule is COc1ccc(C(O)CNCc2cnc3c(c2)c(C)nn3C)cc1. The van der Waals surface area contributed by atoms with Crippen LogP contribution in [0.3, 0.4) is 0 Å². The first kappa shape index (κ1) is 16.4. The molecule has 0 radical (unpaired) electrons. The Morgan fingerprint density at radius 1 is 1.29 bits per heavy atom. The molecule has 0 aliphatic rings. The summed E-state index contributed by atoms with van der Waals surface area (Å²) in [6, 6.07) is 9.54. The average molecular weight is 326 g/mol. The predicted octanol–water partition coefficient (Wildman–Crippen LogP) is 2.11. The second kappa shape index (κ2) is 6.98. The van der Waals surface area contributed by atoms with Crippen LogP contribution in [0, 0.1) is 6.92 Å². The summed E-state index contributed by atoms with van der Waals surface area (Å²) in [5.74, 6) is 0.783. The largest absolute Gasteiger partial charge is 0.497 e. The highest BCUT2D eigenvalue weighted by molar-refractivity contribution is 5.78. The smallest absolute Gasteiger partial charge is 0.157 e. The molecule has 3 rings (SSSR count). The Hall–Kier alpha value is -2.44. The van der Waals surface area contributed by atoms with Gasteiger partial charge >= 0.3 is 0 Å². The molecule has 1 unspecified atom stereocenters. The summed E-state index contributed by atoms with van der Waals surface area (Å²) >= 11 is 0. The number of methoxy groups -OCH3 is 1. The molecule has 0 spiro atoms. The van der Waals surface area contributed by atoms with Crippen LogP contribution in [0.4, 0.5) is 0 Å². The van der Waals surface area contributed by atoms with Crippen molar-refractivity contribution in [3.63, 3.8) is 0 Å². The Balaban J connectivity index is 1.60. The Morgan fingerprint density at radius 3 is 2.75 bits per heavy atom. The molecule has 0 saturated heterocycles. The Bertz CT molecular complexity index is 827. The number of fused-ring (bicyclic) bond motifs is 1. The summed E-state index contributed by atoms with van der Waals surface area (Å²) in [4.78, 5) is 4.46. The molecule has 0 fully saturated rings. The highest BCUT2D eigenvalue weighted by Gasteiger charge is 2.09. The number of aryl methyl sites for hydroxylation is 2. The second-order valence-corrected chi connectivity index (χ2v) is 5.84. The third-order valence-corrected chi connectivity index (χ3v) is 4.09. The number of ether oxygens (including phenoxy) is 1. The molecule has 0 bridgehead atoms. The van der Waals surface area contributed by atoms with Gasteiger partial charge in [-0.1, -0.05) is 12.1 Å². The maximum atomic E-state index is 10.2. The highest BCUT2D eigenvalue weighted by Crippen LogP contribution is 2.18. The maximum absolute atomic E-state index is 10.2. The molecule has 2 aromatic heterocycles. The van der Waals surface area contributed by atoms with Gasteiger partial charge in [-0.2, -0.15) is 5.10 Å². The van der Waals surface area contributed by atoms with E-state index >= 15 is 0 Å². The van der Waals surface area contributed by atoms with Crippen LogP contribution in [0.2, 0.25) is 0 Å². The standard InChI is InChI=1S/C18H22N4O2/c1-12-16-8-13(10-20-18(16)22(2)21-12)9-19-11-17(23)14-4-6-15(24-3)7-5-14/h4-8,10,17,19,23H,9,11H2,1-3H3. The fourth-order valence-corrected chi connectivity index (χ4v) is 2.74. The van der Waals surface area contributed by atoms with Gasteiger partial charge in [-0.25, -0.2) is 4.98 Å². The van der Waals surface area contributed by atoms with Crippen LogP contribution < -0.4 is 10.1 Å². The lowest BCUT2D eigenvalue weighted by molar-refractivity contribution is 0.174. The Labute approximate surface area is 141 Å². The fourth-order valence-electron chi connectivity index (χ4n) is 2.74. The van der Waals surface area contributed by atoms with Gasteiger partial charge in [0.15, 0.2) is 5.65 Å². The second-order valence-electron chi connectivity index (χ2n) is 5.84. The minimum Gasteiger partial charge on any atom is -0.497 e. The third-order valence-electron chi connectivity index (χ3n) is 4.09. The van der Waals surface area contributed by atoms with E-state index in [9.17, 15) is 5.11 Å². The normalized spacial score (nSPS) is 12.5. The molecule has 0 amide bonds. The van der Waals surface area contributed by atoms with Crippen LogP contribution in [-0.4, -0.2) is 33.5 Å². The van der Waals surface area contributed by atoms with E-state index in [-0.39, 0.29) is 0 Å². The summed E-state index contributed by atoms with van der Waals surface area (Å²) in [5.41, 5.74) is 3.79. The first-order chi connectivity index (χ1) is 11.6. The molecule has 126 valence electrons. The van der Waals surface area contributed by atoms with Crippen molar-refractivity contribution in [3.8, 4) is 5.75 Å². The molecule has 0 aliphatic heterocycles. The number of aliphatic hydroxyl groups is 1. The molecular weight excluding hydrogens is 304 g/mol. The minimum atomic E-state index is -0.562. The number of aromatic nitrogens is 3. The average Bonchev–Trinajstić information content (AvgIpc) is 2.89. The molecule has 3 aromatic rings. The van der Waals surface area contributed by atoms with E-state index in [4.69, 9.17) is 4.74 Å². The van der Waals surface area contributed by atoms with Crippen LogP contribution >= 0.6 is 0 Å². The molecule has 6 nitrogen and oxygen atoms in total. The minimum absolute atomic E-state index is 0.469. The molecular formula is C18H22N4O2. The van der Waals surface area contributed by atoms with Gasteiger partial charge in [-0.3, -0.25) is 4.68 Å². The number of pyridine rings is 1. The van der Waals surface area contributed by atoms with Gasteiger partial charge in [0.25, 0.3) is 0 Å². The third kappa shape index (κ3) is 3.39. The van der Waals surface area contributed by atoms with Gasteiger partial charge in [0, 0.05) is 31.7 Å². The van der Waals surface area contributed by atoms with Crippen molar-refractivity contribution in [1.82, 2.24) is 20.1 Å². The zero-order chi connectivity index (χ0) is 17.1. The molecule has 1 aromatic carbocycles. The molecule has 2 N–H and O–H groups in total. The number of nitrogens with one attached hydrogen (secondary N) is 1. The Kier molecular flexibility index (Phi) is 4.78. The quantitative estimate of drug-likeness (QED) is 0.726.